The van der Waals surface area contributed by atoms with Crippen LogP contribution in [0.5, 0.6) is 0 Å². The lowest BCUT2D eigenvalue weighted by molar-refractivity contribution is 0.239. The Labute approximate surface area is 147 Å². The number of hydrogen-bond acceptors (Lipinski definition) is 5. The summed E-state index contributed by atoms with van der Waals surface area (Å²) < 4.78 is 0. The van der Waals surface area contributed by atoms with Crippen molar-refractivity contribution in [1.29, 1.82) is 5.41 Å². The summed E-state index contributed by atoms with van der Waals surface area (Å²) in [6.45, 7) is 6.87. The van der Waals surface area contributed by atoms with Gasteiger partial charge in [-0.15, -0.1) is 0 Å². The lowest BCUT2D eigenvalue weighted by Crippen LogP contribution is -2.45. The molecule has 4 heterocycles. The van der Waals surface area contributed by atoms with Crippen LogP contribution in [0.15, 0.2) is 29.7 Å². The molecule has 2 aromatic rings. The molecule has 0 aliphatic carbocycles. The number of nitrogens with zero attached hydrogens (tertiary/aromatic N) is 4. The molecule has 0 spiro atoms. The minimum absolute atomic E-state index is 0.723. The van der Waals surface area contributed by atoms with Gasteiger partial charge in [-0.25, -0.2) is 4.98 Å². The van der Waals surface area contributed by atoms with E-state index in [2.05, 4.69) is 44.6 Å². The van der Waals surface area contributed by atoms with Gasteiger partial charge >= 0.3 is 0 Å². The number of aromatic nitrogens is 2. The first-order valence-electron chi connectivity index (χ1n) is 8.81. The maximum Gasteiger partial charge on any atom is 0.139 e. The van der Waals surface area contributed by atoms with E-state index in [0.717, 1.165) is 47.2 Å². The van der Waals surface area contributed by atoms with Gasteiger partial charge in [0.1, 0.15) is 5.65 Å². The fourth-order valence-electron chi connectivity index (χ4n) is 4.45. The highest BCUT2D eigenvalue weighted by molar-refractivity contribution is 6.15. The van der Waals surface area contributed by atoms with Crippen molar-refractivity contribution in [1.82, 2.24) is 14.9 Å². The molecule has 2 aromatic heterocycles. The maximum atomic E-state index is 7.71. The fourth-order valence-corrected chi connectivity index (χ4v) is 4.45. The molecular weight excluding hydrogens is 312 g/mol. The van der Waals surface area contributed by atoms with Crippen LogP contribution in [-0.4, -0.2) is 60.5 Å². The number of hydrogen-bond donors (Lipinski definition) is 2. The Morgan fingerprint density at radius 2 is 2.32 bits per heavy atom. The van der Waals surface area contributed by atoms with Crippen molar-refractivity contribution < 1.29 is 0 Å². The molecule has 25 heavy (non-hydrogen) atoms. The number of H-pyrrole nitrogens is 1. The molecule has 0 saturated carbocycles. The van der Waals surface area contributed by atoms with Crippen LogP contribution in [0.25, 0.3) is 16.6 Å². The van der Waals surface area contributed by atoms with Gasteiger partial charge in [-0.05, 0) is 45.1 Å². The van der Waals surface area contributed by atoms with Crippen LogP contribution in [-0.2, 0) is 0 Å². The molecular formula is C19H24N6. The Balaban J connectivity index is 1.75. The predicted octanol–water partition coefficient (Wildman–Crippen LogP) is 2.78. The Morgan fingerprint density at radius 1 is 1.44 bits per heavy atom. The Bertz CT molecular complexity index is 836. The Hall–Kier alpha value is -2.47. The van der Waals surface area contributed by atoms with Gasteiger partial charge in [0.25, 0.3) is 0 Å². The zero-order chi connectivity index (χ0) is 17.4. The molecule has 2 unspecified atom stereocenters. The summed E-state index contributed by atoms with van der Waals surface area (Å²) >= 11 is 0. The van der Waals surface area contributed by atoms with Crippen LogP contribution in [0.2, 0.25) is 0 Å². The zero-order valence-electron chi connectivity index (χ0n) is 14.6. The van der Waals surface area contributed by atoms with Gasteiger partial charge in [-0.3, -0.25) is 4.99 Å². The van der Waals surface area contributed by atoms with E-state index in [4.69, 9.17) is 5.41 Å². The van der Waals surface area contributed by atoms with Crippen LogP contribution in [0.3, 0.4) is 0 Å². The molecule has 0 radical (unpaired) electrons. The lowest BCUT2D eigenvalue weighted by atomic mass is 9.92. The molecule has 0 bridgehead atoms. The summed E-state index contributed by atoms with van der Waals surface area (Å²) in [6.07, 6.45) is 9.21. The average Bonchev–Trinajstić information content (AvgIpc) is 3.23. The van der Waals surface area contributed by atoms with E-state index in [9.17, 15) is 0 Å². The quantitative estimate of drug-likeness (QED) is 0.844. The van der Waals surface area contributed by atoms with Gasteiger partial charge in [0.15, 0.2) is 0 Å². The topological polar surface area (TPSA) is 71.4 Å². The van der Waals surface area contributed by atoms with Gasteiger partial charge in [0, 0.05) is 66.1 Å². The van der Waals surface area contributed by atoms with Crippen LogP contribution in [0.1, 0.15) is 18.4 Å². The first-order chi connectivity index (χ1) is 12.2. The van der Waals surface area contributed by atoms with Crippen molar-refractivity contribution in [3.8, 4) is 0 Å². The molecule has 2 N–H and O–H groups in total. The number of pyridine rings is 1. The predicted molar refractivity (Wildman–Crippen MR) is 104 cm³/mol. The number of allylic oxidation sites excluding steroid dienone is 1. The first-order valence-corrected chi connectivity index (χ1v) is 8.81. The number of nitrogens with one attached hydrogen (secondary N) is 2. The van der Waals surface area contributed by atoms with Gasteiger partial charge in [0.2, 0.25) is 0 Å². The standard InChI is InChI=1S/C19H24N6/c1-21-10-14(9-20)15-11-23-19-18(15)17(3-6-22-19)25-8-5-16-13(12-25)4-7-24(16)2/h3,6,9-11,13,16,20H,1,4-5,7-8,12H2,2H3,(H,22,23)/b14-10+,20-9?. The summed E-state index contributed by atoms with van der Waals surface area (Å²) in [7, 11) is 2.25. The molecule has 2 aliphatic heterocycles. The largest absolute Gasteiger partial charge is 0.370 e. The first kappa shape index (κ1) is 16.0. The van der Waals surface area contributed by atoms with E-state index in [-0.39, 0.29) is 0 Å². The molecule has 4 rings (SSSR count). The highest BCUT2D eigenvalue weighted by atomic mass is 15.2. The van der Waals surface area contributed by atoms with Crippen LogP contribution in [0.4, 0.5) is 5.69 Å². The van der Waals surface area contributed by atoms with E-state index in [1.165, 1.54) is 31.3 Å². The van der Waals surface area contributed by atoms with Crippen LogP contribution in [0, 0.1) is 11.3 Å². The minimum Gasteiger partial charge on any atom is -0.370 e. The maximum absolute atomic E-state index is 7.71. The molecule has 0 aromatic carbocycles. The molecule has 6 heteroatoms. The van der Waals surface area contributed by atoms with Gasteiger partial charge in [-0.1, -0.05) is 0 Å². The van der Waals surface area contributed by atoms with E-state index in [1.54, 1.807) is 6.20 Å². The molecule has 130 valence electrons. The van der Waals surface area contributed by atoms with E-state index in [1.807, 2.05) is 12.4 Å². The summed E-state index contributed by atoms with van der Waals surface area (Å²) in [5.74, 6) is 0.733. The number of aromatic amines is 1. The molecule has 6 nitrogen and oxygen atoms in total. The van der Waals surface area contributed by atoms with E-state index >= 15 is 0 Å². The highest BCUT2D eigenvalue weighted by Crippen LogP contribution is 2.37. The van der Waals surface area contributed by atoms with Gasteiger partial charge in [0.05, 0.1) is 0 Å². The number of anilines is 1. The normalized spacial score (nSPS) is 24.5. The smallest absolute Gasteiger partial charge is 0.139 e. The highest BCUT2D eigenvalue weighted by Gasteiger charge is 2.36. The number of piperidine rings is 1. The third-order valence-corrected chi connectivity index (χ3v) is 5.70. The van der Waals surface area contributed by atoms with Crippen molar-refractivity contribution in [3.63, 3.8) is 0 Å². The second-order valence-electron chi connectivity index (χ2n) is 7.00. The Morgan fingerprint density at radius 3 is 3.12 bits per heavy atom. The van der Waals surface area contributed by atoms with Crippen molar-refractivity contribution in [3.05, 3.63) is 30.2 Å². The third-order valence-electron chi connectivity index (χ3n) is 5.70. The van der Waals surface area contributed by atoms with Crippen molar-refractivity contribution in [2.24, 2.45) is 10.9 Å². The summed E-state index contributed by atoms with van der Waals surface area (Å²) in [4.78, 5) is 16.6. The molecule has 2 fully saturated rings. The van der Waals surface area contributed by atoms with Gasteiger partial charge in [-0.2, -0.15) is 0 Å². The Kier molecular flexibility index (Phi) is 4.13. The minimum atomic E-state index is 0.723. The third kappa shape index (κ3) is 2.66. The second-order valence-corrected chi connectivity index (χ2v) is 7.00. The van der Waals surface area contributed by atoms with Crippen molar-refractivity contribution >= 4 is 35.2 Å². The lowest BCUT2D eigenvalue weighted by Gasteiger charge is -2.38. The second kappa shape index (κ2) is 6.44. The van der Waals surface area contributed by atoms with Crippen molar-refractivity contribution in [2.45, 2.75) is 18.9 Å². The zero-order valence-corrected chi connectivity index (χ0v) is 14.6. The number of rotatable bonds is 4. The van der Waals surface area contributed by atoms with Crippen LogP contribution >= 0.6 is 0 Å². The average molecular weight is 336 g/mol. The monoisotopic (exact) mass is 336 g/mol. The van der Waals surface area contributed by atoms with Crippen molar-refractivity contribution in [2.75, 3.05) is 31.6 Å². The van der Waals surface area contributed by atoms with E-state index in [0.29, 0.717) is 0 Å². The molecule has 2 saturated heterocycles. The molecule has 0 amide bonds. The number of likely N-dealkylation sites (tertiary alicyclic amines) is 1. The summed E-state index contributed by atoms with van der Waals surface area (Å²) in [6, 6.07) is 2.82. The SMILES string of the molecule is C=N/C=C(\C=N)c1c[nH]c2nccc(N3CCC4C(CCN4C)C3)c12. The number of fused-ring (bicyclic) bond motifs is 2. The van der Waals surface area contributed by atoms with Gasteiger partial charge < -0.3 is 20.2 Å². The molecule has 2 atom stereocenters. The fraction of sp³-hybridized carbons (Fsp3) is 0.421. The summed E-state index contributed by atoms with van der Waals surface area (Å²) in [5, 5.41) is 8.79. The van der Waals surface area contributed by atoms with E-state index < -0.39 is 0 Å². The molecule has 2 aliphatic rings. The summed E-state index contributed by atoms with van der Waals surface area (Å²) in [5.41, 5.74) is 3.76. The number of aliphatic imine (C=N–C) groups is 1. The van der Waals surface area contributed by atoms with Crippen LogP contribution < -0.4 is 4.90 Å².